The van der Waals surface area contributed by atoms with Crippen molar-refractivity contribution in [3.63, 3.8) is 0 Å². The highest BCUT2D eigenvalue weighted by molar-refractivity contribution is 5.97. The van der Waals surface area contributed by atoms with E-state index in [9.17, 15) is 14.9 Å². The summed E-state index contributed by atoms with van der Waals surface area (Å²) in [5.74, 6) is 0. The van der Waals surface area contributed by atoms with Crippen molar-refractivity contribution in [1.29, 1.82) is 0 Å². The minimum atomic E-state index is -0.542. The quantitative estimate of drug-likeness (QED) is 0.446. The summed E-state index contributed by atoms with van der Waals surface area (Å²) in [5, 5.41) is 11.2. The molecule has 0 aliphatic rings. The molecule has 1 aromatic carbocycles. The summed E-state index contributed by atoms with van der Waals surface area (Å²) in [6.07, 6.45) is 2.09. The minimum absolute atomic E-state index is 0.0992. The van der Waals surface area contributed by atoms with Crippen LogP contribution in [-0.4, -0.2) is 16.2 Å². The van der Waals surface area contributed by atoms with Gasteiger partial charge in [0.25, 0.3) is 5.69 Å². The molecule has 0 saturated carbocycles. The van der Waals surface area contributed by atoms with Crippen molar-refractivity contribution < 1.29 is 9.72 Å². The van der Waals surface area contributed by atoms with Crippen molar-refractivity contribution in [2.45, 2.75) is 0 Å². The number of nitro groups is 1. The van der Waals surface area contributed by atoms with Crippen LogP contribution in [0.15, 0.2) is 24.4 Å². The molecule has 14 heavy (non-hydrogen) atoms. The third kappa shape index (κ3) is 1.06. The predicted octanol–water partition coefficient (Wildman–Crippen LogP) is 1.89. The summed E-state index contributed by atoms with van der Waals surface area (Å²) in [4.78, 5) is 23.6. The Morgan fingerprint density at radius 3 is 2.79 bits per heavy atom. The van der Waals surface area contributed by atoms with Crippen LogP contribution >= 0.6 is 0 Å². The molecule has 0 fully saturated rings. The van der Waals surface area contributed by atoms with Gasteiger partial charge < -0.3 is 4.98 Å². The number of fused-ring (bicyclic) bond motifs is 1. The van der Waals surface area contributed by atoms with Crippen molar-refractivity contribution in [2.75, 3.05) is 0 Å². The second-order valence-corrected chi connectivity index (χ2v) is 2.82. The van der Waals surface area contributed by atoms with Gasteiger partial charge in [0.1, 0.15) is 0 Å². The van der Waals surface area contributed by atoms with Gasteiger partial charge in [-0.3, -0.25) is 14.9 Å². The zero-order valence-electron chi connectivity index (χ0n) is 7.06. The fourth-order valence-electron chi connectivity index (χ4n) is 1.43. The summed E-state index contributed by atoms with van der Waals surface area (Å²) in [5.41, 5.74) is 0.614. The molecule has 0 aliphatic heterocycles. The molecular formula is C9H6N2O3. The predicted molar refractivity (Wildman–Crippen MR) is 50.3 cm³/mol. The molecule has 0 radical (unpaired) electrons. The molecule has 2 rings (SSSR count). The van der Waals surface area contributed by atoms with Gasteiger partial charge in [-0.25, -0.2) is 0 Å². The van der Waals surface area contributed by atoms with E-state index in [1.807, 2.05) is 0 Å². The van der Waals surface area contributed by atoms with Crippen LogP contribution in [0.4, 0.5) is 5.69 Å². The molecule has 0 unspecified atom stereocenters. The molecular weight excluding hydrogens is 184 g/mol. The zero-order chi connectivity index (χ0) is 10.1. The summed E-state index contributed by atoms with van der Waals surface area (Å²) >= 11 is 0. The Morgan fingerprint density at radius 2 is 2.14 bits per heavy atom. The van der Waals surface area contributed by atoms with E-state index in [0.29, 0.717) is 17.2 Å². The largest absolute Gasteiger partial charge is 0.361 e. The lowest BCUT2D eigenvalue weighted by Crippen LogP contribution is -1.94. The van der Waals surface area contributed by atoms with Crippen molar-refractivity contribution >= 4 is 22.9 Å². The Hall–Kier alpha value is -2.17. The first kappa shape index (κ1) is 8.43. The Balaban J connectivity index is 2.88. The molecule has 0 atom stereocenters. The average molecular weight is 190 g/mol. The zero-order valence-corrected chi connectivity index (χ0v) is 7.06. The van der Waals surface area contributed by atoms with Crippen LogP contribution in [-0.2, 0) is 0 Å². The summed E-state index contributed by atoms with van der Waals surface area (Å²) in [6.45, 7) is 0. The van der Waals surface area contributed by atoms with E-state index >= 15 is 0 Å². The number of H-pyrrole nitrogens is 1. The van der Waals surface area contributed by atoms with Crippen LogP contribution in [0.1, 0.15) is 10.4 Å². The number of aromatic amines is 1. The number of nitrogens with one attached hydrogen (secondary N) is 1. The number of carbonyl (C=O) groups is 1. The van der Waals surface area contributed by atoms with Gasteiger partial charge in [-0.2, -0.15) is 0 Å². The van der Waals surface area contributed by atoms with E-state index < -0.39 is 4.92 Å². The SMILES string of the molecule is O=Cc1ccc2[nH]ccc2c1[N+](=O)[O-]. The van der Waals surface area contributed by atoms with Gasteiger partial charge in [0.05, 0.1) is 21.4 Å². The van der Waals surface area contributed by atoms with E-state index in [4.69, 9.17) is 0 Å². The van der Waals surface area contributed by atoms with Gasteiger partial charge in [0, 0.05) is 6.20 Å². The molecule has 0 spiro atoms. The normalized spacial score (nSPS) is 10.3. The van der Waals surface area contributed by atoms with Gasteiger partial charge in [0.2, 0.25) is 0 Å². The average Bonchev–Trinajstić information content (AvgIpc) is 2.62. The second-order valence-electron chi connectivity index (χ2n) is 2.82. The number of carbonyl (C=O) groups excluding carboxylic acids is 1. The van der Waals surface area contributed by atoms with E-state index in [1.54, 1.807) is 18.3 Å². The highest BCUT2D eigenvalue weighted by Gasteiger charge is 2.17. The fraction of sp³-hybridized carbons (Fsp3) is 0. The number of hydrogen-bond donors (Lipinski definition) is 1. The number of aldehydes is 1. The summed E-state index contributed by atoms with van der Waals surface area (Å²) in [6, 6.07) is 4.66. The van der Waals surface area contributed by atoms with Gasteiger partial charge >= 0.3 is 0 Å². The number of aromatic nitrogens is 1. The topological polar surface area (TPSA) is 76.0 Å². The molecule has 1 aromatic heterocycles. The number of nitrogens with zero attached hydrogens (tertiary/aromatic N) is 1. The Morgan fingerprint density at radius 1 is 1.36 bits per heavy atom. The lowest BCUT2D eigenvalue weighted by molar-refractivity contribution is -0.383. The molecule has 70 valence electrons. The fourth-order valence-corrected chi connectivity index (χ4v) is 1.43. The molecule has 2 aromatic rings. The highest BCUT2D eigenvalue weighted by Crippen LogP contribution is 2.27. The highest BCUT2D eigenvalue weighted by atomic mass is 16.6. The van der Waals surface area contributed by atoms with Gasteiger partial charge in [-0.05, 0) is 18.2 Å². The van der Waals surface area contributed by atoms with Crippen LogP contribution in [0.2, 0.25) is 0 Å². The van der Waals surface area contributed by atoms with E-state index in [2.05, 4.69) is 4.98 Å². The standard InChI is InChI=1S/C9H6N2O3/c12-5-6-1-2-8-7(3-4-10-8)9(6)11(13)14/h1-5,10H. The van der Waals surface area contributed by atoms with Crippen LogP contribution in [0.3, 0.4) is 0 Å². The Bertz CT molecular complexity index is 516. The van der Waals surface area contributed by atoms with Crippen LogP contribution < -0.4 is 0 Å². The smallest absolute Gasteiger partial charge is 0.289 e. The van der Waals surface area contributed by atoms with Crippen molar-refractivity contribution in [3.8, 4) is 0 Å². The lowest BCUT2D eigenvalue weighted by atomic mass is 10.1. The summed E-state index contributed by atoms with van der Waals surface area (Å²) < 4.78 is 0. The molecule has 1 N–H and O–H groups in total. The maximum Gasteiger partial charge on any atom is 0.289 e. The molecule has 0 amide bonds. The number of nitro benzene ring substituents is 1. The minimum Gasteiger partial charge on any atom is -0.361 e. The number of rotatable bonds is 2. The molecule has 0 bridgehead atoms. The van der Waals surface area contributed by atoms with Crippen LogP contribution in [0, 0.1) is 10.1 Å². The second kappa shape index (κ2) is 2.95. The third-order valence-electron chi connectivity index (χ3n) is 2.05. The maximum atomic E-state index is 10.7. The van der Waals surface area contributed by atoms with Crippen LogP contribution in [0.25, 0.3) is 10.9 Å². The third-order valence-corrected chi connectivity index (χ3v) is 2.05. The first-order chi connectivity index (χ1) is 6.74. The molecule has 5 nitrogen and oxygen atoms in total. The molecule has 1 heterocycles. The van der Waals surface area contributed by atoms with E-state index in [0.717, 1.165) is 0 Å². The molecule has 5 heteroatoms. The lowest BCUT2D eigenvalue weighted by Gasteiger charge is -1.96. The van der Waals surface area contributed by atoms with Crippen molar-refractivity contribution in [3.05, 3.63) is 40.1 Å². The Kier molecular flexibility index (Phi) is 1.78. The van der Waals surface area contributed by atoms with Gasteiger partial charge in [-0.15, -0.1) is 0 Å². The maximum absolute atomic E-state index is 10.7. The van der Waals surface area contributed by atoms with Crippen molar-refractivity contribution in [1.82, 2.24) is 4.98 Å². The van der Waals surface area contributed by atoms with Crippen molar-refractivity contribution in [2.24, 2.45) is 0 Å². The van der Waals surface area contributed by atoms with E-state index in [-0.39, 0.29) is 11.3 Å². The number of benzene rings is 1. The van der Waals surface area contributed by atoms with E-state index in [1.165, 1.54) is 6.07 Å². The summed E-state index contributed by atoms with van der Waals surface area (Å²) in [7, 11) is 0. The van der Waals surface area contributed by atoms with Gasteiger partial charge in [-0.1, -0.05) is 0 Å². The van der Waals surface area contributed by atoms with Gasteiger partial charge in [0.15, 0.2) is 6.29 Å². The monoisotopic (exact) mass is 190 g/mol. The molecule has 0 saturated heterocycles. The number of hydrogen-bond acceptors (Lipinski definition) is 3. The first-order valence-corrected chi connectivity index (χ1v) is 3.93. The first-order valence-electron chi connectivity index (χ1n) is 3.93. The van der Waals surface area contributed by atoms with Crippen LogP contribution in [0.5, 0.6) is 0 Å². The Labute approximate surface area is 78.5 Å². The molecule has 0 aliphatic carbocycles.